The molecule has 0 bridgehead atoms. The Morgan fingerprint density at radius 3 is 2.19 bits per heavy atom. The molecule has 1 aliphatic carbocycles. The van der Waals surface area contributed by atoms with E-state index in [0.717, 1.165) is 18.5 Å². The number of rotatable bonds is 4. The maximum Gasteiger partial charge on any atom is 0.243 e. The van der Waals surface area contributed by atoms with Crippen molar-refractivity contribution in [1.29, 1.82) is 0 Å². The second-order valence-corrected chi connectivity index (χ2v) is 5.41. The number of carbonyl (C=O) groups is 2. The van der Waals surface area contributed by atoms with Crippen molar-refractivity contribution in [3.8, 4) is 0 Å². The van der Waals surface area contributed by atoms with Crippen LogP contribution >= 0.6 is 0 Å². The highest BCUT2D eigenvalue weighted by atomic mass is 16.5. The van der Waals surface area contributed by atoms with Gasteiger partial charge in [0.1, 0.15) is 6.04 Å². The lowest BCUT2D eigenvalue weighted by atomic mass is 10.2. The third kappa shape index (κ3) is 3.80. The molecule has 21 heavy (non-hydrogen) atoms. The Morgan fingerprint density at radius 1 is 1.05 bits per heavy atom. The Hall–Kier alpha value is -1.92. The van der Waals surface area contributed by atoms with Gasteiger partial charge < -0.3 is 20.7 Å². The van der Waals surface area contributed by atoms with Crippen LogP contribution in [0.4, 0.5) is 11.4 Å². The van der Waals surface area contributed by atoms with Crippen LogP contribution in [-0.2, 0) is 14.3 Å². The van der Waals surface area contributed by atoms with Gasteiger partial charge in [-0.25, -0.2) is 0 Å². The Bertz CT molecular complexity index is 519. The van der Waals surface area contributed by atoms with Crippen molar-refractivity contribution in [1.82, 2.24) is 5.32 Å². The van der Waals surface area contributed by atoms with Gasteiger partial charge in [-0.1, -0.05) is 0 Å². The molecule has 1 aromatic carbocycles. The van der Waals surface area contributed by atoms with Gasteiger partial charge in [0.25, 0.3) is 0 Å². The quantitative estimate of drug-likeness (QED) is 0.771. The van der Waals surface area contributed by atoms with Crippen LogP contribution in [0.1, 0.15) is 12.8 Å². The summed E-state index contributed by atoms with van der Waals surface area (Å²) >= 11 is 0. The molecule has 6 heteroatoms. The fourth-order valence-corrected chi connectivity index (χ4v) is 2.19. The molecule has 6 nitrogen and oxygen atoms in total. The van der Waals surface area contributed by atoms with Crippen LogP contribution in [-0.4, -0.2) is 37.6 Å². The van der Waals surface area contributed by atoms with E-state index in [2.05, 4.69) is 16.0 Å². The van der Waals surface area contributed by atoms with E-state index in [1.165, 1.54) is 0 Å². The van der Waals surface area contributed by atoms with Gasteiger partial charge in [0.05, 0.1) is 13.2 Å². The molecule has 1 aromatic rings. The van der Waals surface area contributed by atoms with E-state index in [-0.39, 0.29) is 23.8 Å². The van der Waals surface area contributed by atoms with Gasteiger partial charge in [-0.3, -0.25) is 9.59 Å². The minimum atomic E-state index is -0.312. The predicted molar refractivity (Wildman–Crippen MR) is 79.0 cm³/mol. The van der Waals surface area contributed by atoms with Gasteiger partial charge in [-0.15, -0.1) is 0 Å². The first-order chi connectivity index (χ1) is 10.2. The number of hydrogen-bond acceptors (Lipinski definition) is 4. The lowest BCUT2D eigenvalue weighted by Gasteiger charge is -2.22. The first kappa shape index (κ1) is 14.0. The van der Waals surface area contributed by atoms with E-state index in [4.69, 9.17) is 4.74 Å². The second-order valence-electron chi connectivity index (χ2n) is 5.41. The summed E-state index contributed by atoms with van der Waals surface area (Å²) in [6, 6.07) is 6.84. The van der Waals surface area contributed by atoms with Crippen molar-refractivity contribution in [2.24, 2.45) is 5.92 Å². The molecule has 0 aromatic heterocycles. The molecule has 0 radical (unpaired) electrons. The van der Waals surface area contributed by atoms with E-state index in [1.54, 1.807) is 24.3 Å². The molecular formula is C15H19N3O3. The standard InChI is InChI=1S/C15H19N3O3/c19-14(10-1-2-10)17-11-3-5-12(6-4-11)18-15(20)13-9-21-8-7-16-13/h3-6,10,13,16H,1-2,7-9H2,(H,17,19)(H,18,20). The van der Waals surface area contributed by atoms with Crippen LogP contribution < -0.4 is 16.0 Å². The van der Waals surface area contributed by atoms with Crippen LogP contribution in [0.25, 0.3) is 0 Å². The summed E-state index contributed by atoms with van der Waals surface area (Å²) in [7, 11) is 0. The monoisotopic (exact) mass is 289 g/mol. The molecule has 1 heterocycles. The maximum atomic E-state index is 12.0. The Morgan fingerprint density at radius 2 is 1.67 bits per heavy atom. The molecule has 0 spiro atoms. The number of amides is 2. The van der Waals surface area contributed by atoms with Crippen molar-refractivity contribution in [3.63, 3.8) is 0 Å². The van der Waals surface area contributed by atoms with Gasteiger partial charge in [-0.05, 0) is 37.1 Å². The number of morpholine rings is 1. The summed E-state index contributed by atoms with van der Waals surface area (Å²) in [5.74, 6) is 0.154. The average Bonchev–Trinajstić information content (AvgIpc) is 3.35. The molecule has 112 valence electrons. The SMILES string of the molecule is O=C(Nc1ccc(NC(=O)C2COCCN2)cc1)C1CC1. The fraction of sp³-hybridized carbons (Fsp3) is 0.467. The summed E-state index contributed by atoms with van der Waals surface area (Å²) in [5.41, 5.74) is 1.46. The molecule has 1 unspecified atom stereocenters. The zero-order chi connectivity index (χ0) is 14.7. The Labute approximate surface area is 123 Å². The van der Waals surface area contributed by atoms with Crippen molar-refractivity contribution >= 4 is 23.2 Å². The minimum absolute atomic E-state index is 0.0790. The summed E-state index contributed by atoms with van der Waals surface area (Å²) in [6.45, 7) is 1.71. The van der Waals surface area contributed by atoms with Crippen LogP contribution in [0, 0.1) is 5.92 Å². The van der Waals surface area contributed by atoms with Crippen LogP contribution in [0.3, 0.4) is 0 Å². The van der Waals surface area contributed by atoms with Gasteiger partial charge in [0.2, 0.25) is 11.8 Å². The Kier molecular flexibility index (Phi) is 4.17. The molecule has 2 amide bonds. The predicted octanol–water partition coefficient (Wildman–Crippen LogP) is 0.962. The second kappa shape index (κ2) is 6.24. The highest BCUT2D eigenvalue weighted by Gasteiger charge is 2.29. The minimum Gasteiger partial charge on any atom is -0.378 e. The van der Waals surface area contributed by atoms with Crippen LogP contribution in [0.2, 0.25) is 0 Å². The van der Waals surface area contributed by atoms with Gasteiger partial charge in [-0.2, -0.15) is 0 Å². The molecule has 1 saturated carbocycles. The first-order valence-electron chi connectivity index (χ1n) is 7.25. The number of benzene rings is 1. The number of hydrogen-bond donors (Lipinski definition) is 3. The topological polar surface area (TPSA) is 79.5 Å². The largest absolute Gasteiger partial charge is 0.378 e. The number of ether oxygens (including phenoxy) is 1. The third-order valence-corrected chi connectivity index (χ3v) is 3.61. The maximum absolute atomic E-state index is 12.0. The van der Waals surface area contributed by atoms with Crippen LogP contribution in [0.5, 0.6) is 0 Å². The molecule has 1 aliphatic heterocycles. The normalized spacial score (nSPS) is 21.6. The summed E-state index contributed by atoms with van der Waals surface area (Å²) in [6.07, 6.45) is 1.97. The lowest BCUT2D eigenvalue weighted by Crippen LogP contribution is -2.48. The lowest BCUT2D eigenvalue weighted by molar-refractivity contribution is -0.121. The third-order valence-electron chi connectivity index (χ3n) is 3.61. The number of anilines is 2. The number of carbonyl (C=O) groups excluding carboxylic acids is 2. The zero-order valence-corrected chi connectivity index (χ0v) is 11.7. The molecular weight excluding hydrogens is 270 g/mol. The average molecular weight is 289 g/mol. The van der Waals surface area contributed by atoms with E-state index in [1.807, 2.05) is 0 Å². The van der Waals surface area contributed by atoms with Gasteiger partial charge >= 0.3 is 0 Å². The summed E-state index contributed by atoms with van der Waals surface area (Å²) < 4.78 is 5.26. The van der Waals surface area contributed by atoms with E-state index >= 15 is 0 Å². The molecule has 1 atom stereocenters. The van der Waals surface area contributed by atoms with Gasteiger partial charge in [0.15, 0.2) is 0 Å². The molecule has 2 fully saturated rings. The fourth-order valence-electron chi connectivity index (χ4n) is 2.19. The summed E-state index contributed by atoms with van der Waals surface area (Å²) in [5, 5.41) is 8.80. The van der Waals surface area contributed by atoms with Crippen molar-refractivity contribution in [3.05, 3.63) is 24.3 Å². The first-order valence-corrected chi connectivity index (χ1v) is 7.25. The molecule has 1 saturated heterocycles. The highest BCUT2D eigenvalue weighted by Crippen LogP contribution is 2.30. The van der Waals surface area contributed by atoms with Crippen molar-refractivity contribution in [2.45, 2.75) is 18.9 Å². The van der Waals surface area contributed by atoms with E-state index in [9.17, 15) is 9.59 Å². The van der Waals surface area contributed by atoms with Crippen LogP contribution in [0.15, 0.2) is 24.3 Å². The molecule has 3 rings (SSSR count). The number of nitrogens with one attached hydrogen (secondary N) is 3. The van der Waals surface area contributed by atoms with E-state index in [0.29, 0.717) is 25.4 Å². The van der Waals surface area contributed by atoms with Crippen molar-refractivity contribution < 1.29 is 14.3 Å². The van der Waals surface area contributed by atoms with E-state index < -0.39 is 0 Å². The summed E-state index contributed by atoms with van der Waals surface area (Å²) in [4.78, 5) is 23.6. The molecule has 3 N–H and O–H groups in total. The highest BCUT2D eigenvalue weighted by molar-refractivity contribution is 5.96. The molecule has 2 aliphatic rings. The zero-order valence-electron chi connectivity index (χ0n) is 11.7. The Balaban J connectivity index is 1.53. The van der Waals surface area contributed by atoms with Crippen molar-refractivity contribution in [2.75, 3.05) is 30.4 Å². The van der Waals surface area contributed by atoms with Gasteiger partial charge in [0, 0.05) is 23.8 Å². The smallest absolute Gasteiger partial charge is 0.243 e.